The van der Waals surface area contributed by atoms with Crippen LogP contribution in [0.25, 0.3) is 0 Å². The first kappa shape index (κ1) is 20.7. The summed E-state index contributed by atoms with van der Waals surface area (Å²) in [7, 11) is -3.73. The fourth-order valence-electron chi connectivity index (χ4n) is 4.61. The molecule has 2 fully saturated rings. The van der Waals surface area contributed by atoms with Gasteiger partial charge in [0.1, 0.15) is 10.9 Å². The second kappa shape index (κ2) is 8.05. The Hall–Kier alpha value is -3.20. The molecule has 0 radical (unpaired) electrons. The number of fused-ring (bicyclic) bond motifs is 1. The highest BCUT2D eigenvalue weighted by Gasteiger charge is 2.39. The van der Waals surface area contributed by atoms with Crippen molar-refractivity contribution in [1.29, 1.82) is 0 Å². The van der Waals surface area contributed by atoms with Crippen LogP contribution >= 0.6 is 0 Å². The van der Waals surface area contributed by atoms with Gasteiger partial charge in [-0.2, -0.15) is 8.42 Å². The smallest absolute Gasteiger partial charge is 0.285 e. The van der Waals surface area contributed by atoms with E-state index in [1.165, 1.54) is 0 Å². The number of carbonyl (C=O) groups is 2. The third-order valence-corrected chi connectivity index (χ3v) is 7.55. The van der Waals surface area contributed by atoms with Gasteiger partial charge < -0.3 is 15.1 Å². The van der Waals surface area contributed by atoms with Gasteiger partial charge in [0.2, 0.25) is 11.8 Å². The van der Waals surface area contributed by atoms with Gasteiger partial charge in [-0.1, -0.05) is 24.3 Å². The molecule has 0 aromatic heterocycles. The number of benzene rings is 2. The number of amidine groups is 1. The summed E-state index contributed by atoms with van der Waals surface area (Å²) in [5, 5.41) is 2.97. The van der Waals surface area contributed by atoms with Gasteiger partial charge in [0.15, 0.2) is 5.84 Å². The van der Waals surface area contributed by atoms with Crippen molar-refractivity contribution < 1.29 is 18.0 Å². The van der Waals surface area contributed by atoms with Gasteiger partial charge >= 0.3 is 0 Å². The molecule has 3 aliphatic heterocycles. The van der Waals surface area contributed by atoms with Gasteiger partial charge in [0.05, 0.1) is 0 Å². The fraction of sp³-hybridized carbons (Fsp3) is 0.348. The molecule has 1 atom stereocenters. The van der Waals surface area contributed by atoms with E-state index in [1.54, 1.807) is 34.1 Å². The van der Waals surface area contributed by atoms with Crippen molar-refractivity contribution in [2.75, 3.05) is 18.0 Å². The van der Waals surface area contributed by atoms with E-state index in [4.69, 9.17) is 0 Å². The molecule has 2 aromatic rings. The lowest BCUT2D eigenvalue weighted by Gasteiger charge is -2.25. The van der Waals surface area contributed by atoms with Crippen LogP contribution < -0.4 is 10.2 Å². The third kappa shape index (κ3) is 3.66. The molecule has 3 aliphatic rings. The van der Waals surface area contributed by atoms with Crippen molar-refractivity contribution >= 4 is 33.4 Å². The van der Waals surface area contributed by atoms with E-state index in [2.05, 4.69) is 9.71 Å². The lowest BCUT2D eigenvalue weighted by Crippen LogP contribution is -2.45. The van der Waals surface area contributed by atoms with Gasteiger partial charge in [0, 0.05) is 37.3 Å². The predicted molar refractivity (Wildman–Crippen MR) is 120 cm³/mol. The van der Waals surface area contributed by atoms with Crippen molar-refractivity contribution in [1.82, 2.24) is 10.2 Å². The summed E-state index contributed by atoms with van der Waals surface area (Å²) in [5.41, 5.74) is 2.37. The molecule has 166 valence electrons. The van der Waals surface area contributed by atoms with Crippen molar-refractivity contribution in [3.05, 3.63) is 59.7 Å². The van der Waals surface area contributed by atoms with Crippen molar-refractivity contribution in [3.63, 3.8) is 0 Å². The number of nitrogens with one attached hydrogen (secondary N) is 1. The number of hydrogen-bond acceptors (Lipinski definition) is 5. The maximum absolute atomic E-state index is 13.0. The van der Waals surface area contributed by atoms with Crippen LogP contribution in [-0.4, -0.2) is 50.1 Å². The summed E-state index contributed by atoms with van der Waals surface area (Å²) in [4.78, 5) is 28.6. The summed E-state index contributed by atoms with van der Waals surface area (Å²) in [6.07, 6.45) is 2.90. The quantitative estimate of drug-likeness (QED) is 0.766. The van der Waals surface area contributed by atoms with Crippen LogP contribution in [0.3, 0.4) is 0 Å². The summed E-state index contributed by atoms with van der Waals surface area (Å²) in [5.74, 6) is 0.356. The van der Waals surface area contributed by atoms with Crippen LogP contribution in [0.1, 0.15) is 36.8 Å². The SMILES string of the molecule is O=C(NCc1ccc(N2CCCC2=O)cc1)[C@@H]1CCCN1C1=NS(=O)(=O)c2ccccc21. The number of amides is 2. The summed E-state index contributed by atoms with van der Waals surface area (Å²) >= 11 is 0. The fourth-order valence-corrected chi connectivity index (χ4v) is 5.83. The van der Waals surface area contributed by atoms with Crippen molar-refractivity contribution in [3.8, 4) is 0 Å². The Labute approximate surface area is 187 Å². The molecule has 5 rings (SSSR count). The number of sulfonamides is 1. The maximum atomic E-state index is 13.0. The molecule has 9 heteroatoms. The second-order valence-electron chi connectivity index (χ2n) is 8.27. The van der Waals surface area contributed by atoms with E-state index in [0.717, 1.165) is 30.6 Å². The topological polar surface area (TPSA) is 99.2 Å². The highest BCUT2D eigenvalue weighted by molar-refractivity contribution is 7.90. The van der Waals surface area contributed by atoms with E-state index in [0.29, 0.717) is 37.3 Å². The van der Waals surface area contributed by atoms with Crippen LogP contribution in [-0.2, 0) is 26.2 Å². The Kier molecular flexibility index (Phi) is 5.21. The molecule has 0 aliphatic carbocycles. The molecule has 0 saturated carbocycles. The molecule has 0 spiro atoms. The number of rotatable bonds is 4. The molecule has 2 saturated heterocycles. The number of anilines is 1. The maximum Gasteiger partial charge on any atom is 0.285 e. The molecular formula is C23H24N4O4S. The standard InChI is InChI=1S/C23H24N4O4S/c28-21-8-4-13-26(21)17-11-9-16(10-12-17)15-24-23(29)19-6-3-14-27(19)22-18-5-1-2-7-20(18)32(30,31)25-22/h1-2,5,7,9-12,19H,3-4,6,8,13-15H2,(H,24,29)/t19-/m0/s1. The van der Waals surface area contributed by atoms with Crippen LogP contribution in [0.4, 0.5) is 5.69 Å². The average molecular weight is 453 g/mol. The Morgan fingerprint density at radius 1 is 1.06 bits per heavy atom. The molecular weight excluding hydrogens is 428 g/mol. The molecule has 3 heterocycles. The second-order valence-corrected chi connectivity index (χ2v) is 9.84. The molecule has 2 aromatic carbocycles. The first-order valence-corrected chi connectivity index (χ1v) is 12.3. The monoisotopic (exact) mass is 452 g/mol. The molecule has 32 heavy (non-hydrogen) atoms. The normalized spacial score (nSPS) is 21.6. The van der Waals surface area contributed by atoms with Crippen molar-refractivity contribution in [2.45, 2.75) is 43.2 Å². The van der Waals surface area contributed by atoms with Crippen LogP contribution in [0.2, 0.25) is 0 Å². The zero-order valence-electron chi connectivity index (χ0n) is 17.5. The van der Waals surface area contributed by atoms with Crippen molar-refractivity contribution in [2.24, 2.45) is 4.40 Å². The highest BCUT2D eigenvalue weighted by Crippen LogP contribution is 2.31. The van der Waals surface area contributed by atoms with Gasteiger partial charge in [-0.25, -0.2) is 0 Å². The minimum Gasteiger partial charge on any atom is -0.350 e. The lowest BCUT2D eigenvalue weighted by molar-refractivity contribution is -0.124. The first-order chi connectivity index (χ1) is 15.4. The van der Waals surface area contributed by atoms with Crippen LogP contribution in [0.5, 0.6) is 0 Å². The average Bonchev–Trinajstić information content (AvgIpc) is 3.51. The summed E-state index contributed by atoms with van der Waals surface area (Å²) < 4.78 is 28.8. The Morgan fingerprint density at radius 2 is 1.84 bits per heavy atom. The van der Waals surface area contributed by atoms with E-state index < -0.39 is 16.1 Å². The van der Waals surface area contributed by atoms with Crippen LogP contribution in [0.15, 0.2) is 57.8 Å². The third-order valence-electron chi connectivity index (χ3n) is 6.23. The molecule has 2 amide bonds. The Morgan fingerprint density at radius 3 is 2.59 bits per heavy atom. The van der Waals surface area contributed by atoms with Gasteiger partial charge in [-0.3, -0.25) is 9.59 Å². The summed E-state index contributed by atoms with van der Waals surface area (Å²) in [6.45, 7) is 1.69. The Balaban J connectivity index is 1.26. The highest BCUT2D eigenvalue weighted by atomic mass is 32.2. The van der Waals surface area contributed by atoms with E-state index >= 15 is 0 Å². The lowest BCUT2D eigenvalue weighted by atomic mass is 10.1. The first-order valence-electron chi connectivity index (χ1n) is 10.8. The predicted octanol–water partition coefficient (Wildman–Crippen LogP) is 2.04. The minimum absolute atomic E-state index is 0.144. The molecule has 1 N–H and O–H groups in total. The zero-order valence-corrected chi connectivity index (χ0v) is 18.3. The van der Waals surface area contributed by atoms with E-state index in [9.17, 15) is 18.0 Å². The van der Waals surface area contributed by atoms with Gasteiger partial charge in [-0.05, 0) is 49.1 Å². The van der Waals surface area contributed by atoms with E-state index in [-0.39, 0.29) is 16.7 Å². The molecule has 8 nitrogen and oxygen atoms in total. The molecule has 0 unspecified atom stereocenters. The number of carbonyl (C=O) groups excluding carboxylic acids is 2. The van der Waals surface area contributed by atoms with E-state index in [1.807, 2.05) is 24.3 Å². The minimum atomic E-state index is -3.73. The molecule has 0 bridgehead atoms. The van der Waals surface area contributed by atoms with Crippen LogP contribution in [0, 0.1) is 0 Å². The van der Waals surface area contributed by atoms with Gasteiger partial charge in [0.25, 0.3) is 10.0 Å². The zero-order chi connectivity index (χ0) is 22.3. The summed E-state index contributed by atoms with van der Waals surface area (Å²) in [6, 6.07) is 13.9. The number of nitrogens with zero attached hydrogens (tertiary/aromatic N) is 3. The Bertz CT molecular complexity index is 1210. The van der Waals surface area contributed by atoms with Gasteiger partial charge in [-0.15, -0.1) is 4.40 Å². The number of hydrogen-bond donors (Lipinski definition) is 1. The number of likely N-dealkylation sites (tertiary alicyclic amines) is 1. The largest absolute Gasteiger partial charge is 0.350 e.